The van der Waals surface area contributed by atoms with E-state index in [0.29, 0.717) is 6.04 Å². The summed E-state index contributed by atoms with van der Waals surface area (Å²) < 4.78 is 13.2. The van der Waals surface area contributed by atoms with Gasteiger partial charge in [0, 0.05) is 6.04 Å². The normalized spacial score (nSPS) is 13.8. The highest BCUT2D eigenvalue weighted by Gasteiger charge is 2.23. The largest absolute Gasteiger partial charge is 0.315 e. The third-order valence-electron chi connectivity index (χ3n) is 2.98. The van der Waals surface area contributed by atoms with Crippen molar-refractivity contribution in [2.75, 3.05) is 6.54 Å². The zero-order valence-corrected chi connectivity index (χ0v) is 10.7. The molecule has 1 unspecified atom stereocenters. The van der Waals surface area contributed by atoms with Gasteiger partial charge in [-0.25, -0.2) is 4.39 Å². The molecule has 1 aromatic carbocycles. The maximum Gasteiger partial charge on any atom is 0.123 e. The molecule has 16 heavy (non-hydrogen) atoms. The summed E-state index contributed by atoms with van der Waals surface area (Å²) in [4.78, 5) is 0. The zero-order valence-electron chi connectivity index (χ0n) is 10.7. The molecule has 1 N–H and O–H groups in total. The van der Waals surface area contributed by atoms with E-state index in [9.17, 15) is 4.39 Å². The molecule has 0 heterocycles. The average Bonchev–Trinajstić information content (AvgIpc) is 2.17. The average molecular weight is 223 g/mol. The molecule has 0 radical (unpaired) electrons. The lowest BCUT2D eigenvalue weighted by molar-refractivity contribution is 0.393. The first kappa shape index (κ1) is 13.2. The van der Waals surface area contributed by atoms with Crippen molar-refractivity contribution in [1.29, 1.82) is 0 Å². The Hall–Kier alpha value is -0.890. The molecule has 1 aromatic rings. The summed E-state index contributed by atoms with van der Waals surface area (Å²) >= 11 is 0. The molecule has 1 nitrogen and oxygen atoms in total. The van der Waals surface area contributed by atoms with Gasteiger partial charge in [-0.15, -0.1) is 0 Å². The van der Waals surface area contributed by atoms with Gasteiger partial charge in [-0.05, 0) is 43.0 Å². The number of nitrogens with one attached hydrogen (secondary N) is 1. The van der Waals surface area contributed by atoms with Crippen molar-refractivity contribution in [3.63, 3.8) is 0 Å². The number of benzene rings is 1. The van der Waals surface area contributed by atoms with Gasteiger partial charge in [0.25, 0.3) is 0 Å². The highest BCUT2D eigenvalue weighted by molar-refractivity contribution is 5.24. The third kappa shape index (κ3) is 3.60. The summed E-state index contributed by atoms with van der Waals surface area (Å²) in [5, 5.41) is 3.39. The Morgan fingerprint density at radius 1 is 1.38 bits per heavy atom. The molecule has 0 aliphatic carbocycles. The molecule has 1 atom stereocenters. The van der Waals surface area contributed by atoms with Crippen LogP contribution in [0.25, 0.3) is 0 Å². The van der Waals surface area contributed by atoms with Crippen molar-refractivity contribution in [3.05, 3.63) is 35.6 Å². The lowest BCUT2D eigenvalue weighted by atomic mass is 9.79. The Morgan fingerprint density at radius 3 is 2.62 bits per heavy atom. The fraction of sp³-hybridized carbons (Fsp3) is 0.571. The minimum Gasteiger partial charge on any atom is -0.315 e. The van der Waals surface area contributed by atoms with E-state index in [4.69, 9.17) is 0 Å². The van der Waals surface area contributed by atoms with E-state index in [1.165, 1.54) is 6.07 Å². The van der Waals surface area contributed by atoms with E-state index >= 15 is 0 Å². The van der Waals surface area contributed by atoms with Gasteiger partial charge >= 0.3 is 0 Å². The number of rotatable bonds is 5. The van der Waals surface area contributed by atoms with Crippen molar-refractivity contribution in [3.8, 4) is 0 Å². The van der Waals surface area contributed by atoms with Crippen LogP contribution >= 0.6 is 0 Å². The van der Waals surface area contributed by atoms with Crippen LogP contribution in [0.3, 0.4) is 0 Å². The Labute approximate surface area is 98.1 Å². The van der Waals surface area contributed by atoms with Crippen molar-refractivity contribution >= 4 is 0 Å². The van der Waals surface area contributed by atoms with Crippen LogP contribution in [0.1, 0.15) is 39.7 Å². The van der Waals surface area contributed by atoms with E-state index in [1.807, 2.05) is 6.07 Å². The maximum absolute atomic E-state index is 13.2. The number of halogens is 1. The maximum atomic E-state index is 13.2. The van der Waals surface area contributed by atoms with Crippen LogP contribution in [0, 0.1) is 5.82 Å². The molecule has 0 saturated carbocycles. The van der Waals surface area contributed by atoms with Gasteiger partial charge in [-0.3, -0.25) is 0 Å². The van der Waals surface area contributed by atoms with Gasteiger partial charge < -0.3 is 5.32 Å². The topological polar surface area (TPSA) is 12.0 Å². The van der Waals surface area contributed by atoms with Crippen LogP contribution in [0.5, 0.6) is 0 Å². The molecular weight excluding hydrogens is 201 g/mol. The minimum absolute atomic E-state index is 0.00366. The summed E-state index contributed by atoms with van der Waals surface area (Å²) in [6.45, 7) is 9.57. The van der Waals surface area contributed by atoms with Crippen LogP contribution in [0.15, 0.2) is 24.3 Å². The predicted molar refractivity (Wildman–Crippen MR) is 67.2 cm³/mol. The molecular formula is C14H22FN. The molecule has 90 valence electrons. The first-order chi connectivity index (χ1) is 7.45. The quantitative estimate of drug-likeness (QED) is 0.805. The van der Waals surface area contributed by atoms with Crippen LogP contribution in [-0.2, 0) is 5.41 Å². The summed E-state index contributed by atoms with van der Waals surface area (Å²) in [7, 11) is 0. The number of hydrogen-bond donors (Lipinski definition) is 1. The standard InChI is InChI=1S/C14H22FN/c1-5-16-11(2)10-14(3,4)12-7-6-8-13(15)9-12/h6-9,11,16H,5,10H2,1-4H3. The van der Waals surface area contributed by atoms with E-state index in [0.717, 1.165) is 18.5 Å². The van der Waals surface area contributed by atoms with E-state index < -0.39 is 0 Å². The molecule has 0 fully saturated rings. The lowest BCUT2D eigenvalue weighted by Gasteiger charge is -2.29. The van der Waals surface area contributed by atoms with E-state index in [-0.39, 0.29) is 11.2 Å². The minimum atomic E-state index is -0.151. The summed E-state index contributed by atoms with van der Waals surface area (Å²) in [6.07, 6.45) is 1.00. The van der Waals surface area contributed by atoms with Gasteiger partial charge in [0.2, 0.25) is 0 Å². The Balaban J connectivity index is 2.76. The summed E-state index contributed by atoms with van der Waals surface area (Å²) in [5.74, 6) is -0.151. The number of hydrogen-bond acceptors (Lipinski definition) is 1. The second kappa shape index (κ2) is 5.44. The molecule has 0 saturated heterocycles. The summed E-state index contributed by atoms with van der Waals surface area (Å²) in [6, 6.07) is 7.36. The second-order valence-corrected chi connectivity index (χ2v) is 5.06. The monoisotopic (exact) mass is 223 g/mol. The molecule has 0 spiro atoms. The Bertz CT molecular complexity index is 333. The molecule has 0 amide bonds. The highest BCUT2D eigenvalue weighted by atomic mass is 19.1. The van der Waals surface area contributed by atoms with Crippen LogP contribution < -0.4 is 5.32 Å². The summed E-state index contributed by atoms with van der Waals surface area (Å²) in [5.41, 5.74) is 1.07. The Kier molecular flexibility index (Phi) is 4.48. The van der Waals surface area contributed by atoms with Crippen molar-refractivity contribution in [2.45, 2.75) is 45.6 Å². The van der Waals surface area contributed by atoms with Crippen molar-refractivity contribution < 1.29 is 4.39 Å². The van der Waals surface area contributed by atoms with Crippen LogP contribution in [0.4, 0.5) is 4.39 Å². The van der Waals surface area contributed by atoms with Gasteiger partial charge in [0.1, 0.15) is 5.82 Å². The van der Waals surface area contributed by atoms with Crippen LogP contribution in [-0.4, -0.2) is 12.6 Å². The molecule has 0 bridgehead atoms. The molecule has 2 heteroatoms. The fourth-order valence-electron chi connectivity index (χ4n) is 2.21. The highest BCUT2D eigenvalue weighted by Crippen LogP contribution is 2.28. The zero-order chi connectivity index (χ0) is 12.2. The fourth-order valence-corrected chi connectivity index (χ4v) is 2.21. The Morgan fingerprint density at radius 2 is 2.06 bits per heavy atom. The predicted octanol–water partition coefficient (Wildman–Crippen LogP) is 3.49. The molecule has 0 aliphatic rings. The van der Waals surface area contributed by atoms with Gasteiger partial charge in [-0.1, -0.05) is 32.9 Å². The van der Waals surface area contributed by atoms with Gasteiger partial charge in [0.05, 0.1) is 0 Å². The molecule has 1 rings (SSSR count). The second-order valence-electron chi connectivity index (χ2n) is 5.06. The lowest BCUT2D eigenvalue weighted by Crippen LogP contribution is -2.33. The van der Waals surface area contributed by atoms with Gasteiger partial charge in [0.15, 0.2) is 0 Å². The third-order valence-corrected chi connectivity index (χ3v) is 2.98. The first-order valence-corrected chi connectivity index (χ1v) is 5.95. The van der Waals surface area contributed by atoms with Crippen molar-refractivity contribution in [1.82, 2.24) is 5.32 Å². The SMILES string of the molecule is CCNC(C)CC(C)(C)c1cccc(F)c1. The van der Waals surface area contributed by atoms with Crippen molar-refractivity contribution in [2.24, 2.45) is 0 Å². The van der Waals surface area contributed by atoms with Crippen LogP contribution in [0.2, 0.25) is 0 Å². The first-order valence-electron chi connectivity index (χ1n) is 5.95. The van der Waals surface area contributed by atoms with Gasteiger partial charge in [-0.2, -0.15) is 0 Å². The smallest absolute Gasteiger partial charge is 0.123 e. The molecule has 0 aliphatic heterocycles. The van der Waals surface area contributed by atoms with E-state index in [2.05, 4.69) is 33.0 Å². The van der Waals surface area contributed by atoms with E-state index in [1.54, 1.807) is 12.1 Å². The molecule has 0 aromatic heterocycles.